The molecule has 1 aliphatic carbocycles. The molecule has 29 heavy (non-hydrogen) atoms. The molecule has 0 saturated heterocycles. The third-order valence-electron chi connectivity index (χ3n) is 5.87. The first-order chi connectivity index (χ1) is 14.0. The second-order valence-corrected chi connectivity index (χ2v) is 8.37. The maximum Gasteiger partial charge on any atom is 0.278 e. The van der Waals surface area contributed by atoms with Crippen LogP contribution in [0.25, 0.3) is 10.9 Å². The largest absolute Gasteiger partial charge is 0.378 e. The molecule has 0 aliphatic heterocycles. The fourth-order valence-corrected chi connectivity index (χ4v) is 3.84. The highest BCUT2D eigenvalue weighted by atomic mass is 16.2. The van der Waals surface area contributed by atoms with Crippen molar-refractivity contribution in [3.63, 3.8) is 0 Å². The van der Waals surface area contributed by atoms with E-state index in [0.29, 0.717) is 6.04 Å². The van der Waals surface area contributed by atoms with E-state index in [-0.39, 0.29) is 17.9 Å². The van der Waals surface area contributed by atoms with Gasteiger partial charge in [-0.2, -0.15) is 0 Å². The average molecular weight is 392 g/mol. The Kier molecular flexibility index (Phi) is 5.58. The van der Waals surface area contributed by atoms with Crippen LogP contribution in [0.1, 0.15) is 36.8 Å². The van der Waals surface area contributed by atoms with Gasteiger partial charge in [-0.1, -0.05) is 30.3 Å². The maximum absolute atomic E-state index is 12.4. The van der Waals surface area contributed by atoms with Crippen LogP contribution in [0.3, 0.4) is 0 Å². The second-order valence-electron chi connectivity index (χ2n) is 8.37. The van der Waals surface area contributed by atoms with E-state index in [1.54, 1.807) is 0 Å². The minimum absolute atomic E-state index is 0.0932. The highest BCUT2D eigenvalue weighted by Gasteiger charge is 2.28. The summed E-state index contributed by atoms with van der Waals surface area (Å²) in [7, 11) is 4.11. The van der Waals surface area contributed by atoms with Crippen LogP contribution in [-0.2, 0) is 4.79 Å². The molecular weight excluding hydrogens is 360 g/mol. The number of aromatic nitrogens is 1. The predicted molar refractivity (Wildman–Crippen MR) is 118 cm³/mol. The van der Waals surface area contributed by atoms with Crippen molar-refractivity contribution in [2.24, 2.45) is 0 Å². The summed E-state index contributed by atoms with van der Waals surface area (Å²) in [5.74, 6) is 0.353. The zero-order valence-electron chi connectivity index (χ0n) is 17.5. The molecular formula is C24H31N4O+. The molecule has 0 radical (unpaired) electrons. The maximum atomic E-state index is 12.4. The molecule has 4 rings (SSSR count). The molecule has 1 amide bonds. The summed E-state index contributed by atoms with van der Waals surface area (Å²) in [6, 6.07) is 17.5. The number of quaternary nitrogens is 1. The topological polar surface area (TPSA) is 64.7 Å². The van der Waals surface area contributed by atoms with Crippen LogP contribution >= 0.6 is 0 Å². The number of aromatic amines is 1. The normalized spacial score (nSPS) is 15.8. The van der Waals surface area contributed by atoms with Crippen LogP contribution < -0.4 is 15.5 Å². The van der Waals surface area contributed by atoms with Crippen LogP contribution in [0.4, 0.5) is 5.69 Å². The lowest BCUT2D eigenvalue weighted by Gasteiger charge is -2.20. The van der Waals surface area contributed by atoms with Crippen molar-refractivity contribution in [1.82, 2.24) is 10.3 Å². The van der Waals surface area contributed by atoms with Gasteiger partial charge in [0, 0.05) is 42.9 Å². The Morgan fingerprint density at radius 2 is 1.90 bits per heavy atom. The van der Waals surface area contributed by atoms with Gasteiger partial charge in [-0.05, 0) is 49.1 Å². The van der Waals surface area contributed by atoms with Gasteiger partial charge in [-0.15, -0.1) is 0 Å². The minimum atomic E-state index is -0.0932. The fourth-order valence-electron chi connectivity index (χ4n) is 3.84. The van der Waals surface area contributed by atoms with Gasteiger partial charge in [0.05, 0.1) is 12.5 Å². The number of nitrogens with one attached hydrogen (secondary N) is 2. The zero-order valence-corrected chi connectivity index (χ0v) is 17.5. The van der Waals surface area contributed by atoms with E-state index in [4.69, 9.17) is 0 Å². The Bertz CT molecular complexity index is 972. The van der Waals surface area contributed by atoms with E-state index in [1.165, 1.54) is 22.2 Å². The van der Waals surface area contributed by atoms with E-state index >= 15 is 0 Å². The van der Waals surface area contributed by atoms with Crippen molar-refractivity contribution in [2.45, 2.75) is 37.8 Å². The summed E-state index contributed by atoms with van der Waals surface area (Å²) in [5, 5.41) is 6.54. The molecule has 1 saturated carbocycles. The highest BCUT2D eigenvalue weighted by molar-refractivity contribution is 5.84. The van der Waals surface area contributed by atoms with Crippen molar-refractivity contribution in [3.8, 4) is 0 Å². The van der Waals surface area contributed by atoms with Crippen LogP contribution in [0.5, 0.6) is 0 Å². The summed E-state index contributed by atoms with van der Waals surface area (Å²) in [4.78, 5) is 17.9. The Morgan fingerprint density at radius 3 is 2.59 bits per heavy atom. The van der Waals surface area contributed by atoms with E-state index in [9.17, 15) is 4.79 Å². The summed E-state index contributed by atoms with van der Waals surface area (Å²) in [6.45, 7) is 2.82. The van der Waals surface area contributed by atoms with Crippen molar-refractivity contribution in [3.05, 3.63) is 65.9 Å². The third kappa shape index (κ3) is 4.46. The summed E-state index contributed by atoms with van der Waals surface area (Å²) in [5.41, 5.74) is 4.89. The molecule has 1 fully saturated rings. The number of hydrogen-bond donors (Lipinski definition) is 3. The number of para-hydroxylation sites is 1. The molecule has 0 unspecified atom stereocenters. The zero-order chi connectivity index (χ0) is 20.4. The van der Waals surface area contributed by atoms with Crippen molar-refractivity contribution in [1.29, 1.82) is 0 Å². The number of carbonyl (C=O) groups excluding carboxylic acids is 1. The van der Waals surface area contributed by atoms with Crippen LogP contribution in [0.15, 0.2) is 54.7 Å². The van der Waals surface area contributed by atoms with Crippen LogP contribution in [0.2, 0.25) is 0 Å². The number of nitrogens with two attached hydrogens (primary N) is 1. The molecule has 0 bridgehead atoms. The Labute approximate surface area is 172 Å². The molecule has 2 aromatic carbocycles. The fraction of sp³-hybridized carbons (Fsp3) is 0.375. The second kappa shape index (κ2) is 8.29. The molecule has 0 spiro atoms. The first-order valence-electron chi connectivity index (χ1n) is 10.5. The molecule has 1 aromatic heterocycles. The molecule has 2 atom stereocenters. The number of anilines is 1. The van der Waals surface area contributed by atoms with Crippen molar-refractivity contribution >= 4 is 22.5 Å². The lowest BCUT2D eigenvalue weighted by molar-refractivity contribution is -0.674. The summed E-state index contributed by atoms with van der Waals surface area (Å²) >= 11 is 0. The molecule has 152 valence electrons. The van der Waals surface area contributed by atoms with E-state index in [0.717, 1.165) is 24.9 Å². The number of nitrogens with zero attached hydrogens (tertiary/aromatic N) is 1. The number of H-pyrrole nitrogens is 1. The molecule has 1 aliphatic rings. The SMILES string of the molecule is C[C@@H]([NH2+]C[C@H](c1ccc(N(C)C)cc1)c1c[nH]c2ccccc12)C(=O)NC1CC1. The number of benzene rings is 2. The number of hydrogen-bond acceptors (Lipinski definition) is 2. The van der Waals surface area contributed by atoms with Crippen molar-refractivity contribution < 1.29 is 10.1 Å². The molecule has 5 nitrogen and oxygen atoms in total. The highest BCUT2D eigenvalue weighted by Crippen LogP contribution is 2.30. The van der Waals surface area contributed by atoms with Gasteiger partial charge in [0.25, 0.3) is 5.91 Å². The lowest BCUT2D eigenvalue weighted by Crippen LogP contribution is -2.92. The monoisotopic (exact) mass is 391 g/mol. The quantitative estimate of drug-likeness (QED) is 0.553. The van der Waals surface area contributed by atoms with E-state index < -0.39 is 0 Å². The van der Waals surface area contributed by atoms with Gasteiger partial charge in [0.1, 0.15) is 0 Å². The summed E-state index contributed by atoms with van der Waals surface area (Å²) in [6.07, 6.45) is 4.36. The molecule has 5 heteroatoms. The van der Waals surface area contributed by atoms with Crippen molar-refractivity contribution in [2.75, 3.05) is 25.5 Å². The van der Waals surface area contributed by atoms with Gasteiger partial charge in [0.15, 0.2) is 6.04 Å². The van der Waals surface area contributed by atoms with Gasteiger partial charge >= 0.3 is 0 Å². The minimum Gasteiger partial charge on any atom is -0.378 e. The summed E-state index contributed by atoms with van der Waals surface area (Å²) < 4.78 is 0. The number of carbonyl (C=O) groups is 1. The molecule has 4 N–H and O–H groups in total. The van der Waals surface area contributed by atoms with Crippen LogP contribution in [0, 0.1) is 0 Å². The Morgan fingerprint density at radius 1 is 1.17 bits per heavy atom. The van der Waals surface area contributed by atoms with Gasteiger partial charge in [-0.25, -0.2) is 0 Å². The average Bonchev–Trinajstić information content (AvgIpc) is 3.45. The first kappa shape index (κ1) is 19.5. The number of fused-ring (bicyclic) bond motifs is 1. The third-order valence-corrected chi connectivity index (χ3v) is 5.87. The predicted octanol–water partition coefficient (Wildman–Crippen LogP) is 2.60. The molecule has 1 heterocycles. The number of amides is 1. The van der Waals surface area contributed by atoms with E-state index in [2.05, 4.69) is 89.3 Å². The smallest absolute Gasteiger partial charge is 0.278 e. The van der Waals surface area contributed by atoms with E-state index in [1.807, 2.05) is 6.92 Å². The van der Waals surface area contributed by atoms with Gasteiger partial charge in [0.2, 0.25) is 0 Å². The van der Waals surface area contributed by atoms with Gasteiger partial charge in [-0.3, -0.25) is 4.79 Å². The number of rotatable bonds is 8. The Hall–Kier alpha value is -2.79. The standard InChI is InChI=1S/C24H30N4O/c1-16(24(29)27-18-10-11-18)25-14-21(17-8-12-19(13-9-17)28(2)3)22-15-26-23-7-5-4-6-20(22)23/h4-9,12-13,15-16,18,21,25-26H,10-11,14H2,1-3H3,(H,27,29)/p+1/t16-,21-/m1/s1. The first-order valence-corrected chi connectivity index (χ1v) is 10.5. The molecule has 3 aromatic rings. The van der Waals surface area contributed by atoms with Crippen LogP contribution in [-0.4, -0.2) is 43.6 Å². The Balaban J connectivity index is 1.59. The van der Waals surface area contributed by atoms with Gasteiger partial charge < -0.3 is 20.5 Å². The lowest BCUT2D eigenvalue weighted by atomic mass is 9.90.